The number of carbonyl (C=O) groups excluding carboxylic acids is 1. The first-order chi connectivity index (χ1) is 30.9. The average Bonchev–Trinajstić information content (AvgIpc) is 3.57. The smallest absolute Gasteiger partial charge is 0.249 e. The van der Waals surface area contributed by atoms with E-state index in [-0.39, 0.29) is 12.8 Å². The Labute approximate surface area is 384 Å². The van der Waals surface area contributed by atoms with Crippen LogP contribution in [0.5, 0.6) is 0 Å². The molecule has 0 bridgehead atoms. The molecule has 11 N–H and O–H groups in total. The van der Waals surface area contributed by atoms with Gasteiger partial charge in [0.1, 0.15) is 61.0 Å². The van der Waals surface area contributed by atoms with Crippen LogP contribution in [0.3, 0.4) is 0 Å². The normalized spacial score (nSPS) is 27.3. The molecule has 16 nitrogen and oxygen atoms in total. The van der Waals surface area contributed by atoms with E-state index in [0.717, 1.165) is 44.9 Å². The minimum Gasteiger partial charge on any atom is -0.394 e. The molecule has 0 aromatic carbocycles. The Kier molecular flexibility index (Phi) is 33.2. The number of aliphatic hydroxyl groups excluding tert-OH is 10. The fourth-order valence-electron chi connectivity index (χ4n) is 8.71. The molecular weight excluding hydrogens is 831 g/mol. The maximum atomic E-state index is 13.3. The summed E-state index contributed by atoms with van der Waals surface area (Å²) in [5.41, 5.74) is 0. The third-order valence-corrected chi connectivity index (χ3v) is 13.0. The number of unbranched alkanes of at least 4 members (excludes halogenated alkanes) is 24. The zero-order valence-corrected chi connectivity index (χ0v) is 39.5. The Morgan fingerprint density at radius 1 is 0.562 bits per heavy atom. The van der Waals surface area contributed by atoms with Gasteiger partial charge in [0.25, 0.3) is 0 Å². The minimum atomic E-state index is -1.82. The van der Waals surface area contributed by atoms with Crippen LogP contribution in [-0.4, -0.2) is 163 Å². The third kappa shape index (κ3) is 22.8. The third-order valence-electron chi connectivity index (χ3n) is 13.0. The lowest BCUT2D eigenvalue weighted by molar-refractivity contribution is -0.332. The average molecular weight is 924 g/mol. The lowest BCUT2D eigenvalue weighted by atomic mass is 9.98. The van der Waals surface area contributed by atoms with E-state index < -0.39 is 111 Å². The number of aliphatic hydroxyl groups is 10. The van der Waals surface area contributed by atoms with E-state index in [0.29, 0.717) is 12.8 Å². The van der Waals surface area contributed by atoms with Crippen molar-refractivity contribution in [3.63, 3.8) is 0 Å². The van der Waals surface area contributed by atoms with Gasteiger partial charge in [-0.15, -0.1) is 0 Å². The van der Waals surface area contributed by atoms with Gasteiger partial charge in [0.05, 0.1) is 32.0 Å². The number of rotatable bonds is 40. The van der Waals surface area contributed by atoms with Crippen LogP contribution in [0, 0.1) is 0 Å². The molecule has 0 unspecified atom stereocenters. The van der Waals surface area contributed by atoms with E-state index in [9.17, 15) is 55.9 Å². The van der Waals surface area contributed by atoms with Crippen molar-refractivity contribution < 1.29 is 74.8 Å². The molecule has 2 heterocycles. The highest BCUT2D eigenvalue weighted by atomic mass is 16.7. The molecule has 0 saturated carbocycles. The Morgan fingerprint density at radius 2 is 1.02 bits per heavy atom. The van der Waals surface area contributed by atoms with Crippen LogP contribution in [0.25, 0.3) is 0 Å². The Bertz CT molecular complexity index is 1130. The van der Waals surface area contributed by atoms with Gasteiger partial charge in [0.2, 0.25) is 5.91 Å². The van der Waals surface area contributed by atoms with E-state index in [1.54, 1.807) is 0 Å². The van der Waals surface area contributed by atoms with Gasteiger partial charge >= 0.3 is 0 Å². The second-order valence-electron chi connectivity index (χ2n) is 18.6. The zero-order chi connectivity index (χ0) is 47.1. The SMILES string of the molecule is CCCCCCCCCCCCCCCCCC[C@@H](O)C(=O)N[C@@H](CO[C@H]1O[C@H](CO)[C@H](O)[C@H](O[C@@H]2O[C@@H]([C@H](O)CO)[C@H](O)[C@H]2O)[C@H]1O)[C@H](O)[C@H](O)CCCCCCCCCCCC. The highest BCUT2D eigenvalue weighted by Crippen LogP contribution is 2.31. The Hall–Kier alpha value is -1.09. The molecule has 2 aliphatic heterocycles. The molecular formula is C48H93NO15. The number of hydrogen-bond acceptors (Lipinski definition) is 15. The molecule has 2 aliphatic rings. The first kappa shape index (κ1) is 59.0. The molecule has 0 radical (unpaired) electrons. The molecule has 0 aromatic heterocycles. The van der Waals surface area contributed by atoms with Crippen LogP contribution in [0.4, 0.5) is 0 Å². The van der Waals surface area contributed by atoms with Crippen molar-refractivity contribution in [3.8, 4) is 0 Å². The summed E-state index contributed by atoms with van der Waals surface area (Å²) < 4.78 is 22.5. The van der Waals surface area contributed by atoms with Crippen molar-refractivity contribution in [2.75, 3.05) is 19.8 Å². The van der Waals surface area contributed by atoms with Gasteiger partial charge in [-0.25, -0.2) is 0 Å². The molecule has 0 aliphatic carbocycles. The summed E-state index contributed by atoms with van der Waals surface area (Å²) in [6.07, 6.45) is 10.0. The predicted molar refractivity (Wildman–Crippen MR) is 243 cm³/mol. The van der Waals surface area contributed by atoms with Crippen LogP contribution < -0.4 is 5.32 Å². The highest BCUT2D eigenvalue weighted by Gasteiger charge is 2.52. The topological polar surface area (TPSA) is 268 Å². The summed E-state index contributed by atoms with van der Waals surface area (Å²) in [7, 11) is 0. The van der Waals surface area contributed by atoms with Gasteiger partial charge in [-0.1, -0.05) is 181 Å². The summed E-state index contributed by atoms with van der Waals surface area (Å²) in [4.78, 5) is 13.3. The molecule has 14 atom stereocenters. The minimum absolute atomic E-state index is 0.203. The molecule has 0 spiro atoms. The number of carbonyl (C=O) groups is 1. The quantitative estimate of drug-likeness (QED) is 0.0386. The summed E-state index contributed by atoms with van der Waals surface area (Å²) in [5.74, 6) is -0.764. The molecule has 0 aromatic rings. The molecule has 1 amide bonds. The fraction of sp³-hybridized carbons (Fsp3) is 0.979. The summed E-state index contributed by atoms with van der Waals surface area (Å²) in [6.45, 7) is 2.35. The standard InChI is InChI=1S/C48H93NO15/c1-3-5-7-9-11-13-15-16-17-18-19-20-22-24-26-28-30-36(53)46(60)49-34(39(55)35(52)29-27-25-23-21-14-12-10-8-6-4-2)33-61-47-43(59)45(40(56)38(32-51)62-47)64-48-42(58)41(57)44(63-48)37(54)31-50/h34-45,47-48,50-59H,3-33H2,1-2H3,(H,49,60)/t34-,35+,36+,37+,38+,39-,40-,41+,42+,43+,44-,45-,47-,48-/m0/s1. The number of amides is 1. The van der Waals surface area contributed by atoms with Gasteiger partial charge in [0, 0.05) is 0 Å². The number of ether oxygens (including phenoxy) is 4. The number of hydrogen-bond donors (Lipinski definition) is 11. The van der Waals surface area contributed by atoms with Crippen molar-refractivity contribution in [1.82, 2.24) is 5.32 Å². The van der Waals surface area contributed by atoms with E-state index in [1.807, 2.05) is 0 Å². The highest BCUT2D eigenvalue weighted by molar-refractivity contribution is 5.80. The zero-order valence-electron chi connectivity index (χ0n) is 39.5. The maximum Gasteiger partial charge on any atom is 0.249 e. The Morgan fingerprint density at radius 3 is 1.47 bits per heavy atom. The van der Waals surface area contributed by atoms with Crippen molar-refractivity contribution in [2.45, 2.75) is 279 Å². The monoisotopic (exact) mass is 924 g/mol. The van der Waals surface area contributed by atoms with Crippen LogP contribution in [0.1, 0.15) is 194 Å². The second kappa shape index (κ2) is 36.0. The van der Waals surface area contributed by atoms with Crippen LogP contribution in [0.15, 0.2) is 0 Å². The van der Waals surface area contributed by atoms with Gasteiger partial charge in [0.15, 0.2) is 12.6 Å². The largest absolute Gasteiger partial charge is 0.394 e. The van der Waals surface area contributed by atoms with E-state index >= 15 is 0 Å². The molecule has 64 heavy (non-hydrogen) atoms. The molecule has 380 valence electrons. The Balaban J connectivity index is 1.93. The van der Waals surface area contributed by atoms with E-state index in [1.165, 1.54) is 109 Å². The van der Waals surface area contributed by atoms with E-state index in [2.05, 4.69) is 19.2 Å². The van der Waals surface area contributed by atoms with Crippen LogP contribution in [0.2, 0.25) is 0 Å². The lowest BCUT2D eigenvalue weighted by Crippen LogP contribution is -2.62. The molecule has 2 fully saturated rings. The van der Waals surface area contributed by atoms with E-state index in [4.69, 9.17) is 18.9 Å². The summed E-state index contributed by atoms with van der Waals surface area (Å²) >= 11 is 0. The van der Waals surface area contributed by atoms with Crippen molar-refractivity contribution >= 4 is 5.91 Å². The van der Waals surface area contributed by atoms with Crippen molar-refractivity contribution in [2.24, 2.45) is 0 Å². The fourth-order valence-corrected chi connectivity index (χ4v) is 8.71. The van der Waals surface area contributed by atoms with Crippen LogP contribution >= 0.6 is 0 Å². The van der Waals surface area contributed by atoms with Crippen LogP contribution in [-0.2, 0) is 23.7 Å². The van der Waals surface area contributed by atoms with Gasteiger partial charge in [-0.3, -0.25) is 4.79 Å². The summed E-state index contributed by atoms with van der Waals surface area (Å²) in [6, 6.07) is -1.28. The van der Waals surface area contributed by atoms with Crippen molar-refractivity contribution in [3.05, 3.63) is 0 Å². The second-order valence-corrected chi connectivity index (χ2v) is 18.6. The molecule has 16 heteroatoms. The first-order valence-corrected chi connectivity index (χ1v) is 25.5. The first-order valence-electron chi connectivity index (χ1n) is 25.5. The molecule has 2 rings (SSSR count). The number of nitrogens with one attached hydrogen (secondary N) is 1. The summed E-state index contributed by atoms with van der Waals surface area (Å²) in [5, 5.41) is 108. The van der Waals surface area contributed by atoms with Crippen molar-refractivity contribution in [1.29, 1.82) is 0 Å². The van der Waals surface area contributed by atoms with Gasteiger partial charge in [-0.05, 0) is 12.8 Å². The maximum absolute atomic E-state index is 13.3. The van der Waals surface area contributed by atoms with Gasteiger partial charge < -0.3 is 75.3 Å². The predicted octanol–water partition coefficient (Wildman–Crippen LogP) is 4.16. The molecule has 2 saturated heterocycles. The van der Waals surface area contributed by atoms with Gasteiger partial charge in [-0.2, -0.15) is 0 Å². The lowest BCUT2D eigenvalue weighted by Gasteiger charge is -2.43.